The van der Waals surface area contributed by atoms with Crippen LogP contribution >= 0.6 is 11.8 Å². The lowest BCUT2D eigenvalue weighted by atomic mass is 9.77. The van der Waals surface area contributed by atoms with Gasteiger partial charge >= 0.3 is 0 Å². The molecule has 0 aromatic rings. The molecule has 2 saturated heterocycles. The fourth-order valence-corrected chi connectivity index (χ4v) is 3.63. The summed E-state index contributed by atoms with van der Waals surface area (Å²) in [4.78, 5) is 11.3. The predicted molar refractivity (Wildman–Crippen MR) is 46.5 cm³/mol. The summed E-state index contributed by atoms with van der Waals surface area (Å²) in [6.45, 7) is 4.18. The third-order valence-corrected chi connectivity index (χ3v) is 4.70. The molecule has 0 bridgehead atoms. The summed E-state index contributed by atoms with van der Waals surface area (Å²) in [7, 11) is 0. The van der Waals surface area contributed by atoms with Crippen molar-refractivity contribution >= 4 is 17.7 Å². The first kappa shape index (κ1) is 7.47. The molecular weight excluding hydrogens is 158 g/mol. The zero-order valence-electron chi connectivity index (χ0n) is 6.89. The van der Waals surface area contributed by atoms with Crippen LogP contribution in [-0.4, -0.2) is 23.5 Å². The van der Waals surface area contributed by atoms with E-state index < -0.39 is 0 Å². The molecule has 11 heavy (non-hydrogen) atoms. The predicted octanol–water partition coefficient (Wildman–Crippen LogP) is 0.874. The second kappa shape index (κ2) is 2.16. The molecule has 0 aromatic carbocycles. The van der Waals surface area contributed by atoms with Crippen LogP contribution in [0.1, 0.15) is 13.8 Å². The second-order valence-corrected chi connectivity index (χ2v) is 4.66. The highest BCUT2D eigenvalue weighted by atomic mass is 32.2. The zero-order valence-corrected chi connectivity index (χ0v) is 7.70. The normalized spacial score (nSPS) is 40.4. The third-order valence-electron chi connectivity index (χ3n) is 3.22. The van der Waals surface area contributed by atoms with E-state index in [1.807, 2.05) is 11.8 Å². The minimum atomic E-state index is 0.235. The molecule has 2 aliphatic rings. The fourth-order valence-electron chi connectivity index (χ4n) is 1.96. The number of rotatable bonds is 0. The Morgan fingerprint density at radius 1 is 1.55 bits per heavy atom. The standard InChI is InChI=1S/C8H13NOS/c1-5-7(10)9-6(2)8(5)3-11-4-8/h5-6H,3-4H2,1-2H3,(H,9,10). The van der Waals surface area contributed by atoms with Crippen LogP contribution in [0.2, 0.25) is 0 Å². The number of nitrogens with one attached hydrogen (secondary N) is 1. The lowest BCUT2D eigenvalue weighted by molar-refractivity contribution is -0.123. The van der Waals surface area contributed by atoms with E-state index >= 15 is 0 Å². The SMILES string of the molecule is CC1NC(=O)C(C)C12CSC2. The van der Waals surface area contributed by atoms with Gasteiger partial charge in [0.2, 0.25) is 5.91 Å². The van der Waals surface area contributed by atoms with Crippen LogP contribution in [0.15, 0.2) is 0 Å². The maximum absolute atomic E-state index is 11.3. The third kappa shape index (κ3) is 0.776. The summed E-state index contributed by atoms with van der Waals surface area (Å²) >= 11 is 1.95. The van der Waals surface area contributed by atoms with Crippen molar-refractivity contribution in [2.45, 2.75) is 19.9 Å². The Kier molecular flexibility index (Phi) is 1.46. The summed E-state index contributed by atoms with van der Waals surface area (Å²) in [5.41, 5.74) is 0.307. The van der Waals surface area contributed by atoms with E-state index in [0.717, 1.165) is 11.5 Å². The van der Waals surface area contributed by atoms with Crippen LogP contribution in [0.4, 0.5) is 0 Å². The molecule has 0 aliphatic carbocycles. The van der Waals surface area contributed by atoms with Crippen LogP contribution in [0.3, 0.4) is 0 Å². The quantitative estimate of drug-likeness (QED) is 0.586. The molecule has 2 heterocycles. The molecule has 3 heteroatoms. The molecule has 2 aliphatic heterocycles. The summed E-state index contributed by atoms with van der Waals surface area (Å²) in [6.07, 6.45) is 0. The smallest absolute Gasteiger partial charge is 0.223 e. The van der Waals surface area contributed by atoms with Crippen molar-refractivity contribution < 1.29 is 4.79 Å². The molecule has 0 radical (unpaired) electrons. The van der Waals surface area contributed by atoms with Gasteiger partial charge in [-0.3, -0.25) is 4.79 Å². The van der Waals surface area contributed by atoms with Crippen molar-refractivity contribution in [3.8, 4) is 0 Å². The number of hydrogen-bond donors (Lipinski definition) is 1. The van der Waals surface area contributed by atoms with E-state index in [1.54, 1.807) is 0 Å². The van der Waals surface area contributed by atoms with Gasteiger partial charge in [-0.15, -0.1) is 0 Å². The molecule has 1 amide bonds. The average Bonchev–Trinajstić information content (AvgIpc) is 2.03. The number of hydrogen-bond acceptors (Lipinski definition) is 2. The Morgan fingerprint density at radius 3 is 2.36 bits per heavy atom. The summed E-state index contributed by atoms with van der Waals surface area (Å²) in [5, 5.41) is 3.01. The molecule has 2 rings (SSSR count). The first-order chi connectivity index (χ1) is 5.17. The van der Waals surface area contributed by atoms with Crippen molar-refractivity contribution in [1.29, 1.82) is 0 Å². The molecule has 2 fully saturated rings. The van der Waals surface area contributed by atoms with Crippen molar-refractivity contribution in [3.05, 3.63) is 0 Å². The highest BCUT2D eigenvalue weighted by Gasteiger charge is 2.54. The molecular formula is C8H13NOS. The van der Waals surface area contributed by atoms with Gasteiger partial charge in [0.25, 0.3) is 0 Å². The largest absolute Gasteiger partial charge is 0.353 e. The highest BCUT2D eigenvalue weighted by Crippen LogP contribution is 2.49. The summed E-state index contributed by atoms with van der Waals surface area (Å²) in [5.74, 6) is 2.80. The van der Waals surface area contributed by atoms with Gasteiger partial charge in [0.05, 0.1) is 0 Å². The van der Waals surface area contributed by atoms with Gasteiger partial charge in [-0.1, -0.05) is 6.92 Å². The van der Waals surface area contributed by atoms with E-state index in [4.69, 9.17) is 0 Å². The Bertz CT molecular complexity index is 200. The minimum Gasteiger partial charge on any atom is -0.353 e. The van der Waals surface area contributed by atoms with Crippen molar-refractivity contribution in [1.82, 2.24) is 5.32 Å². The number of carbonyl (C=O) groups excluding carboxylic acids is 1. The molecule has 1 N–H and O–H groups in total. The topological polar surface area (TPSA) is 29.1 Å². The van der Waals surface area contributed by atoms with Crippen LogP contribution in [-0.2, 0) is 4.79 Å². The van der Waals surface area contributed by atoms with Crippen LogP contribution in [0.25, 0.3) is 0 Å². The molecule has 1 spiro atoms. The fraction of sp³-hybridized carbons (Fsp3) is 0.875. The lowest BCUT2D eigenvalue weighted by Crippen LogP contribution is -2.47. The van der Waals surface area contributed by atoms with Crippen molar-refractivity contribution in [3.63, 3.8) is 0 Å². The van der Waals surface area contributed by atoms with Gasteiger partial charge < -0.3 is 5.32 Å². The van der Waals surface area contributed by atoms with Gasteiger partial charge in [-0.25, -0.2) is 0 Å². The monoisotopic (exact) mass is 171 g/mol. The Hall–Kier alpha value is -0.180. The minimum absolute atomic E-state index is 0.235. The Balaban J connectivity index is 2.25. The van der Waals surface area contributed by atoms with Gasteiger partial charge in [0.1, 0.15) is 0 Å². The summed E-state index contributed by atoms with van der Waals surface area (Å²) < 4.78 is 0. The molecule has 2 atom stereocenters. The van der Waals surface area contributed by atoms with Crippen molar-refractivity contribution in [2.75, 3.05) is 11.5 Å². The zero-order chi connectivity index (χ0) is 8.06. The van der Waals surface area contributed by atoms with Gasteiger partial charge in [0.15, 0.2) is 0 Å². The highest BCUT2D eigenvalue weighted by molar-refractivity contribution is 8.00. The van der Waals surface area contributed by atoms with E-state index in [9.17, 15) is 4.79 Å². The number of amides is 1. The maximum Gasteiger partial charge on any atom is 0.223 e. The Morgan fingerprint density at radius 2 is 2.18 bits per heavy atom. The molecule has 2 nitrogen and oxygen atoms in total. The Labute approximate surface area is 71.1 Å². The average molecular weight is 171 g/mol. The first-order valence-corrected chi connectivity index (χ1v) is 5.20. The van der Waals surface area contributed by atoms with Gasteiger partial charge in [0, 0.05) is 28.9 Å². The van der Waals surface area contributed by atoms with E-state index in [-0.39, 0.29) is 11.8 Å². The van der Waals surface area contributed by atoms with E-state index in [0.29, 0.717) is 11.5 Å². The molecule has 0 aromatic heterocycles. The van der Waals surface area contributed by atoms with Crippen LogP contribution in [0, 0.1) is 11.3 Å². The first-order valence-electron chi connectivity index (χ1n) is 4.05. The molecule has 2 unspecified atom stereocenters. The molecule has 62 valence electrons. The number of thioether (sulfide) groups is 1. The van der Waals surface area contributed by atoms with E-state index in [2.05, 4.69) is 19.2 Å². The van der Waals surface area contributed by atoms with Crippen molar-refractivity contribution in [2.24, 2.45) is 11.3 Å². The van der Waals surface area contributed by atoms with Gasteiger partial charge in [-0.05, 0) is 6.92 Å². The van der Waals surface area contributed by atoms with Crippen LogP contribution < -0.4 is 5.32 Å². The summed E-state index contributed by atoms with van der Waals surface area (Å²) in [6, 6.07) is 0.395. The van der Waals surface area contributed by atoms with E-state index in [1.165, 1.54) is 0 Å². The molecule has 0 saturated carbocycles. The number of carbonyl (C=O) groups is 1. The lowest BCUT2D eigenvalue weighted by Gasteiger charge is -2.43. The maximum atomic E-state index is 11.3. The van der Waals surface area contributed by atoms with Gasteiger partial charge in [-0.2, -0.15) is 11.8 Å². The second-order valence-electron chi connectivity index (χ2n) is 3.68. The van der Waals surface area contributed by atoms with Crippen LogP contribution in [0.5, 0.6) is 0 Å².